The Bertz CT molecular complexity index is 933. The van der Waals surface area contributed by atoms with Gasteiger partial charge in [-0.15, -0.1) is 0 Å². The molecule has 0 fully saturated rings. The summed E-state index contributed by atoms with van der Waals surface area (Å²) in [5.41, 5.74) is -0.343. The predicted octanol–water partition coefficient (Wildman–Crippen LogP) is 1.92. The summed E-state index contributed by atoms with van der Waals surface area (Å²) in [5, 5.41) is 7.61. The summed E-state index contributed by atoms with van der Waals surface area (Å²) in [4.78, 5) is 23.2. The van der Waals surface area contributed by atoms with Crippen molar-refractivity contribution in [2.24, 2.45) is 5.14 Å². The van der Waals surface area contributed by atoms with Gasteiger partial charge >= 0.3 is 5.97 Å². The van der Waals surface area contributed by atoms with Crippen molar-refractivity contribution in [3.8, 4) is 0 Å². The number of sulfonamides is 1. The lowest BCUT2D eigenvalue weighted by Crippen LogP contribution is -2.22. The fourth-order valence-corrected chi connectivity index (χ4v) is 2.52. The molecule has 7 nitrogen and oxygen atoms in total. The summed E-state index contributed by atoms with van der Waals surface area (Å²) in [6.45, 7) is -0.719. The number of nitrogens with two attached hydrogens (primary N) is 1. The van der Waals surface area contributed by atoms with Crippen molar-refractivity contribution in [2.75, 3.05) is 11.9 Å². The zero-order valence-electron chi connectivity index (χ0n) is 12.5. The maximum Gasteiger partial charge on any atom is 0.341 e. The van der Waals surface area contributed by atoms with Crippen molar-refractivity contribution >= 4 is 39.2 Å². The van der Waals surface area contributed by atoms with Crippen LogP contribution in [0.3, 0.4) is 0 Å². The number of para-hydroxylation sites is 1. The van der Waals surface area contributed by atoms with Gasteiger partial charge in [0.25, 0.3) is 5.91 Å². The van der Waals surface area contributed by atoms with Crippen molar-refractivity contribution in [1.82, 2.24) is 0 Å². The smallest absolute Gasteiger partial charge is 0.341 e. The number of carbonyl (C=O) groups is 2. The minimum absolute atomic E-state index is 0.286. The number of benzene rings is 2. The molecule has 0 saturated heterocycles. The van der Waals surface area contributed by atoms with Crippen molar-refractivity contribution in [1.29, 1.82) is 0 Å². The first-order valence-corrected chi connectivity index (χ1v) is 8.65. The summed E-state index contributed by atoms with van der Waals surface area (Å²) in [6.07, 6.45) is 0. The summed E-state index contributed by atoms with van der Waals surface area (Å²) >= 11 is 5.87. The van der Waals surface area contributed by atoms with Gasteiger partial charge in [-0.25, -0.2) is 22.7 Å². The number of carbonyl (C=O) groups excluding carboxylic acids is 2. The van der Waals surface area contributed by atoms with Crippen LogP contribution in [0.25, 0.3) is 0 Å². The molecule has 1 amide bonds. The first-order chi connectivity index (χ1) is 11.7. The fraction of sp³-hybridized carbons (Fsp3) is 0.0667. The van der Waals surface area contributed by atoms with Gasteiger partial charge in [0.1, 0.15) is 5.82 Å². The third-order valence-corrected chi connectivity index (χ3v) is 4.21. The van der Waals surface area contributed by atoms with Crippen LogP contribution in [-0.4, -0.2) is 26.9 Å². The number of hydrogen-bond acceptors (Lipinski definition) is 5. The average molecular weight is 387 g/mol. The van der Waals surface area contributed by atoms with Crippen molar-refractivity contribution < 1.29 is 27.1 Å². The molecule has 0 aliphatic heterocycles. The van der Waals surface area contributed by atoms with Crippen LogP contribution >= 0.6 is 11.6 Å². The van der Waals surface area contributed by atoms with Crippen LogP contribution < -0.4 is 10.5 Å². The standard InChI is InChI=1S/C15H12ClFN2O5S/c16-11-3-1-2-4-13(11)19-14(20)8-24-15(21)10-7-9(25(18,22)23)5-6-12(10)17/h1-7H,8H2,(H,19,20)(H2,18,22,23). The van der Waals surface area contributed by atoms with E-state index in [1.807, 2.05) is 0 Å². The number of rotatable bonds is 5. The highest BCUT2D eigenvalue weighted by molar-refractivity contribution is 7.89. The quantitative estimate of drug-likeness (QED) is 0.761. The van der Waals surface area contributed by atoms with Gasteiger partial charge in [0.05, 0.1) is 21.2 Å². The molecule has 0 radical (unpaired) electrons. The molecule has 0 heterocycles. The molecule has 3 N–H and O–H groups in total. The number of hydrogen-bond donors (Lipinski definition) is 2. The Morgan fingerprint density at radius 3 is 2.52 bits per heavy atom. The molecular formula is C15H12ClFN2O5S. The monoisotopic (exact) mass is 386 g/mol. The van der Waals surface area contributed by atoms with Crippen LogP contribution in [0.1, 0.15) is 10.4 Å². The van der Waals surface area contributed by atoms with Gasteiger partial charge in [-0.1, -0.05) is 23.7 Å². The van der Waals surface area contributed by atoms with Crippen LogP contribution in [0.4, 0.5) is 10.1 Å². The van der Waals surface area contributed by atoms with Gasteiger partial charge in [0.15, 0.2) is 6.61 Å². The molecule has 0 unspecified atom stereocenters. The Kier molecular flexibility index (Phi) is 5.73. The Balaban J connectivity index is 2.05. The molecule has 2 rings (SSSR count). The highest BCUT2D eigenvalue weighted by Gasteiger charge is 2.19. The molecule has 0 aliphatic rings. The van der Waals surface area contributed by atoms with E-state index < -0.39 is 44.8 Å². The van der Waals surface area contributed by atoms with E-state index in [1.165, 1.54) is 6.07 Å². The first kappa shape index (κ1) is 18.8. The second-order valence-corrected chi connectivity index (χ2v) is 6.76. The van der Waals surface area contributed by atoms with Crippen molar-refractivity contribution in [3.05, 3.63) is 58.9 Å². The molecule has 2 aromatic carbocycles. The molecular weight excluding hydrogens is 375 g/mol. The van der Waals surface area contributed by atoms with E-state index in [1.54, 1.807) is 18.2 Å². The van der Waals surface area contributed by atoms with Gasteiger partial charge in [0, 0.05) is 0 Å². The number of primary sulfonamides is 1. The molecule has 132 valence electrons. The molecule has 0 spiro atoms. The van der Waals surface area contributed by atoms with Crippen LogP contribution in [0.2, 0.25) is 5.02 Å². The SMILES string of the molecule is NS(=O)(=O)c1ccc(F)c(C(=O)OCC(=O)Nc2ccccc2Cl)c1. The lowest BCUT2D eigenvalue weighted by Gasteiger charge is -2.09. The zero-order chi connectivity index (χ0) is 18.6. The van der Waals surface area contributed by atoms with E-state index in [0.29, 0.717) is 5.69 Å². The maximum atomic E-state index is 13.7. The molecule has 0 saturated carbocycles. The number of halogens is 2. The normalized spacial score (nSPS) is 11.0. The largest absolute Gasteiger partial charge is 0.452 e. The van der Waals surface area contributed by atoms with Gasteiger partial charge in [-0.05, 0) is 30.3 Å². The first-order valence-electron chi connectivity index (χ1n) is 6.72. The number of ether oxygens (including phenoxy) is 1. The number of amides is 1. The minimum Gasteiger partial charge on any atom is -0.452 e. The molecule has 25 heavy (non-hydrogen) atoms. The van der Waals surface area contributed by atoms with Crippen LogP contribution in [0.5, 0.6) is 0 Å². The highest BCUT2D eigenvalue weighted by Crippen LogP contribution is 2.20. The fourth-order valence-electron chi connectivity index (χ4n) is 1.80. The van der Waals surface area contributed by atoms with Crippen LogP contribution in [0.15, 0.2) is 47.4 Å². The topological polar surface area (TPSA) is 116 Å². The van der Waals surface area contributed by atoms with Gasteiger partial charge in [-0.3, -0.25) is 4.79 Å². The minimum atomic E-state index is -4.12. The second kappa shape index (κ2) is 7.60. The zero-order valence-corrected chi connectivity index (χ0v) is 14.1. The van der Waals surface area contributed by atoms with Crippen LogP contribution in [0, 0.1) is 5.82 Å². The third kappa shape index (κ3) is 4.99. The lowest BCUT2D eigenvalue weighted by molar-refractivity contribution is -0.119. The van der Waals surface area contributed by atoms with E-state index in [-0.39, 0.29) is 5.02 Å². The Hall–Kier alpha value is -2.49. The molecule has 2 aromatic rings. The summed E-state index contributed by atoms with van der Waals surface area (Å²) in [6, 6.07) is 8.81. The van der Waals surface area contributed by atoms with E-state index in [2.05, 4.69) is 10.1 Å². The van der Waals surface area contributed by atoms with Gasteiger partial charge in [0.2, 0.25) is 10.0 Å². The number of nitrogens with one attached hydrogen (secondary N) is 1. The Morgan fingerprint density at radius 1 is 1.20 bits per heavy atom. The van der Waals surface area contributed by atoms with Crippen molar-refractivity contribution in [3.63, 3.8) is 0 Å². The molecule has 0 bridgehead atoms. The number of esters is 1. The third-order valence-electron chi connectivity index (χ3n) is 2.97. The molecule has 0 aromatic heterocycles. The molecule has 0 atom stereocenters. The second-order valence-electron chi connectivity index (χ2n) is 4.79. The van der Waals surface area contributed by atoms with E-state index in [4.69, 9.17) is 16.7 Å². The summed E-state index contributed by atoms with van der Waals surface area (Å²) in [5.74, 6) is -2.93. The Labute approximate surface area is 147 Å². The molecule has 0 aliphatic carbocycles. The summed E-state index contributed by atoms with van der Waals surface area (Å²) < 4.78 is 40.9. The highest BCUT2D eigenvalue weighted by atomic mass is 35.5. The van der Waals surface area contributed by atoms with E-state index in [9.17, 15) is 22.4 Å². The number of anilines is 1. The van der Waals surface area contributed by atoms with Crippen LogP contribution in [-0.2, 0) is 19.6 Å². The van der Waals surface area contributed by atoms with Crippen molar-refractivity contribution in [2.45, 2.75) is 4.90 Å². The molecule has 10 heteroatoms. The van der Waals surface area contributed by atoms with Gasteiger partial charge in [-0.2, -0.15) is 0 Å². The average Bonchev–Trinajstić information content (AvgIpc) is 2.54. The maximum absolute atomic E-state index is 13.7. The van der Waals surface area contributed by atoms with Gasteiger partial charge < -0.3 is 10.1 Å². The lowest BCUT2D eigenvalue weighted by atomic mass is 10.2. The Morgan fingerprint density at radius 2 is 1.88 bits per heavy atom. The predicted molar refractivity (Wildman–Crippen MR) is 88.1 cm³/mol. The summed E-state index contributed by atoms with van der Waals surface area (Å²) in [7, 11) is -4.12. The van der Waals surface area contributed by atoms with E-state index in [0.717, 1.165) is 18.2 Å². The van der Waals surface area contributed by atoms with E-state index >= 15 is 0 Å².